The molecule has 0 aliphatic heterocycles. The smallest absolute Gasteiger partial charge is 0.227 e. The Bertz CT molecular complexity index is 138. The average molecular weight is 129 g/mol. The normalized spacial score (nSPS) is 13.6. The third-order valence-electron chi connectivity index (χ3n) is 0.804. The average Bonchev–Trinajstić information content (AvgIpc) is 1.87. The van der Waals surface area contributed by atoms with Crippen LogP contribution in [-0.2, 0) is 0 Å². The molecule has 0 radical (unpaired) electrons. The topological polar surface area (TPSA) is 52.5 Å². The van der Waals surface area contributed by atoms with Crippen LogP contribution in [0.1, 0.15) is 6.92 Å². The first-order valence-electron chi connectivity index (χ1n) is 2.65. The van der Waals surface area contributed by atoms with Crippen LogP contribution < -0.4 is 5.32 Å². The number of nitrogens with one attached hydrogen (secondary N) is 1. The van der Waals surface area contributed by atoms with Gasteiger partial charge >= 0.3 is 0 Å². The predicted octanol–water partition coefficient (Wildman–Crippen LogP) is 1.07. The van der Waals surface area contributed by atoms with Crippen molar-refractivity contribution in [3.63, 3.8) is 0 Å². The number of hydrogen-bond donors (Lipinski definition) is 3. The van der Waals surface area contributed by atoms with Gasteiger partial charge in [-0.15, -0.1) is 0 Å². The maximum atomic E-state index is 8.80. The van der Waals surface area contributed by atoms with Crippen molar-refractivity contribution < 1.29 is 10.2 Å². The summed E-state index contributed by atoms with van der Waals surface area (Å²) in [5, 5.41) is 19.9. The molecule has 0 saturated carbocycles. The van der Waals surface area contributed by atoms with Crippen molar-refractivity contribution in [3.05, 3.63) is 23.8 Å². The molecule has 0 bridgehead atoms. The molecule has 0 unspecified atom stereocenters. The molecule has 0 aliphatic rings. The summed E-state index contributed by atoms with van der Waals surface area (Å²) in [6.45, 7) is 1.75. The summed E-state index contributed by atoms with van der Waals surface area (Å²) >= 11 is 0. The van der Waals surface area contributed by atoms with Crippen LogP contribution >= 0.6 is 0 Å². The summed E-state index contributed by atoms with van der Waals surface area (Å²) in [6, 6.07) is 0. The lowest BCUT2D eigenvalue weighted by molar-refractivity contribution is 0.314. The van der Waals surface area contributed by atoms with Crippen molar-refractivity contribution in [1.82, 2.24) is 5.32 Å². The van der Waals surface area contributed by atoms with Crippen LogP contribution in [0, 0.1) is 0 Å². The Morgan fingerprint density at radius 1 is 1.44 bits per heavy atom. The van der Waals surface area contributed by atoms with Gasteiger partial charge in [-0.05, 0) is 13.0 Å². The summed E-state index contributed by atoms with van der Waals surface area (Å²) in [5.41, 5.74) is 0. The lowest BCUT2D eigenvalue weighted by Gasteiger charge is -1.96. The number of aliphatic hydroxyl groups is 2. The van der Waals surface area contributed by atoms with E-state index in [0.29, 0.717) is 0 Å². The highest BCUT2D eigenvalue weighted by Crippen LogP contribution is 1.93. The monoisotopic (exact) mass is 129 g/mol. The Balaban J connectivity index is 4.10. The second kappa shape index (κ2) is 3.83. The van der Waals surface area contributed by atoms with Crippen LogP contribution in [0.3, 0.4) is 0 Å². The second-order valence-electron chi connectivity index (χ2n) is 1.48. The van der Waals surface area contributed by atoms with Crippen LogP contribution in [0.25, 0.3) is 0 Å². The molecule has 3 nitrogen and oxygen atoms in total. The maximum absolute atomic E-state index is 8.80. The van der Waals surface area contributed by atoms with Crippen molar-refractivity contribution in [2.45, 2.75) is 6.92 Å². The zero-order valence-corrected chi connectivity index (χ0v) is 5.55. The summed E-state index contributed by atoms with van der Waals surface area (Å²) in [4.78, 5) is 0. The second-order valence-corrected chi connectivity index (χ2v) is 1.48. The maximum Gasteiger partial charge on any atom is 0.227 e. The van der Waals surface area contributed by atoms with Crippen LogP contribution in [0.5, 0.6) is 0 Å². The van der Waals surface area contributed by atoms with E-state index in [0.717, 1.165) is 0 Å². The third-order valence-corrected chi connectivity index (χ3v) is 0.804. The van der Waals surface area contributed by atoms with Gasteiger partial charge in [-0.1, -0.05) is 6.08 Å². The summed E-state index contributed by atoms with van der Waals surface area (Å²) in [7, 11) is 1.52. The van der Waals surface area contributed by atoms with E-state index in [1.807, 2.05) is 0 Å². The zero-order chi connectivity index (χ0) is 7.28. The molecular weight excluding hydrogens is 118 g/mol. The van der Waals surface area contributed by atoms with Crippen LogP contribution in [0.15, 0.2) is 23.8 Å². The van der Waals surface area contributed by atoms with Gasteiger partial charge in [0.1, 0.15) is 0 Å². The quantitative estimate of drug-likeness (QED) is 0.386. The predicted molar refractivity (Wildman–Crippen MR) is 36.2 cm³/mol. The van der Waals surface area contributed by atoms with Crippen LogP contribution in [0.4, 0.5) is 0 Å². The Morgan fingerprint density at radius 2 is 2.00 bits per heavy atom. The van der Waals surface area contributed by atoms with Gasteiger partial charge in [0.05, 0.1) is 0 Å². The Hall–Kier alpha value is -1.12. The van der Waals surface area contributed by atoms with Crippen molar-refractivity contribution in [2.75, 3.05) is 7.05 Å². The minimum absolute atomic E-state index is 0.153. The molecule has 3 N–H and O–H groups in total. The van der Waals surface area contributed by atoms with E-state index in [1.54, 1.807) is 13.0 Å². The van der Waals surface area contributed by atoms with E-state index < -0.39 is 0 Å². The lowest BCUT2D eigenvalue weighted by Crippen LogP contribution is -2.07. The Labute approximate surface area is 54.3 Å². The van der Waals surface area contributed by atoms with Crippen molar-refractivity contribution >= 4 is 0 Å². The molecule has 0 aromatic heterocycles. The number of hydrogen-bond acceptors (Lipinski definition) is 3. The minimum Gasteiger partial charge on any atom is -0.503 e. The van der Waals surface area contributed by atoms with Crippen molar-refractivity contribution in [2.24, 2.45) is 0 Å². The fraction of sp³-hybridized carbons (Fsp3) is 0.333. The molecule has 0 spiro atoms. The van der Waals surface area contributed by atoms with Crippen molar-refractivity contribution in [3.8, 4) is 0 Å². The number of aliphatic hydroxyl groups excluding tert-OH is 2. The molecule has 0 atom stereocenters. The zero-order valence-electron chi connectivity index (χ0n) is 5.55. The van der Waals surface area contributed by atoms with Gasteiger partial charge in [0.25, 0.3) is 0 Å². The van der Waals surface area contributed by atoms with E-state index in [4.69, 9.17) is 10.2 Å². The van der Waals surface area contributed by atoms with E-state index in [2.05, 4.69) is 5.32 Å². The van der Waals surface area contributed by atoms with E-state index in [-0.39, 0.29) is 11.6 Å². The standard InChI is InChI=1S/C6H11NO2/c1-3-4-5(8)6(9)7-2/h3-4,7-9H,1-2H3/b4-3-,6-5-. The highest BCUT2D eigenvalue weighted by molar-refractivity contribution is 5.11. The Kier molecular flexibility index (Phi) is 3.35. The molecule has 0 aliphatic carbocycles. The highest BCUT2D eigenvalue weighted by atomic mass is 16.3. The van der Waals surface area contributed by atoms with Gasteiger partial charge in [-0.3, -0.25) is 0 Å². The largest absolute Gasteiger partial charge is 0.503 e. The van der Waals surface area contributed by atoms with Gasteiger partial charge in [0.2, 0.25) is 5.88 Å². The number of rotatable bonds is 2. The first-order chi connectivity index (χ1) is 4.22. The molecule has 0 amide bonds. The summed E-state index contributed by atoms with van der Waals surface area (Å²) in [5.74, 6) is -0.367. The Morgan fingerprint density at radius 3 is 2.33 bits per heavy atom. The van der Waals surface area contributed by atoms with Crippen LogP contribution in [0.2, 0.25) is 0 Å². The first-order valence-corrected chi connectivity index (χ1v) is 2.65. The molecule has 0 fully saturated rings. The SMILES string of the molecule is C/C=C\C(O)=C(\O)NC. The molecule has 0 rings (SSSR count). The van der Waals surface area contributed by atoms with E-state index in [1.165, 1.54) is 13.1 Å². The molecular formula is C6H11NO2. The van der Waals surface area contributed by atoms with Gasteiger partial charge in [-0.2, -0.15) is 0 Å². The highest BCUT2D eigenvalue weighted by Gasteiger charge is 1.92. The number of allylic oxidation sites excluding steroid dienone is 2. The first kappa shape index (κ1) is 7.88. The van der Waals surface area contributed by atoms with Gasteiger partial charge < -0.3 is 15.5 Å². The molecule has 0 aromatic rings. The molecule has 9 heavy (non-hydrogen) atoms. The molecule has 52 valence electrons. The van der Waals surface area contributed by atoms with Crippen molar-refractivity contribution in [1.29, 1.82) is 0 Å². The fourth-order valence-corrected chi connectivity index (χ4v) is 0.365. The van der Waals surface area contributed by atoms with E-state index in [9.17, 15) is 0 Å². The fourth-order valence-electron chi connectivity index (χ4n) is 0.365. The molecule has 3 heteroatoms. The van der Waals surface area contributed by atoms with Crippen LogP contribution in [-0.4, -0.2) is 17.3 Å². The summed E-state index contributed by atoms with van der Waals surface area (Å²) < 4.78 is 0. The van der Waals surface area contributed by atoms with E-state index >= 15 is 0 Å². The lowest BCUT2D eigenvalue weighted by atomic mass is 10.4. The van der Waals surface area contributed by atoms with Gasteiger partial charge in [0, 0.05) is 7.05 Å². The molecule has 0 heterocycles. The third kappa shape index (κ3) is 2.64. The minimum atomic E-state index is -0.215. The molecule has 0 saturated heterocycles. The van der Waals surface area contributed by atoms with Gasteiger partial charge in [0.15, 0.2) is 5.76 Å². The van der Waals surface area contributed by atoms with Gasteiger partial charge in [-0.25, -0.2) is 0 Å². The summed E-state index contributed by atoms with van der Waals surface area (Å²) in [6.07, 6.45) is 3.02. The molecule has 0 aromatic carbocycles.